The maximum absolute atomic E-state index is 12.1. The zero-order valence-corrected chi connectivity index (χ0v) is 11.0. The number of benzene rings is 1. The highest BCUT2D eigenvalue weighted by Gasteiger charge is 2.34. The van der Waals surface area contributed by atoms with E-state index in [1.54, 1.807) is 12.0 Å². The second-order valence-electron chi connectivity index (χ2n) is 4.56. The minimum atomic E-state index is -0.506. The van der Waals surface area contributed by atoms with Gasteiger partial charge in [0.1, 0.15) is 6.04 Å². The molecule has 0 radical (unpaired) electrons. The van der Waals surface area contributed by atoms with Crippen molar-refractivity contribution in [3.8, 4) is 0 Å². The molecule has 1 atom stereocenters. The molecule has 18 heavy (non-hydrogen) atoms. The Kier molecular flexibility index (Phi) is 3.99. The first-order valence-electron chi connectivity index (χ1n) is 6.37. The lowest BCUT2D eigenvalue weighted by Gasteiger charge is -2.17. The Hall–Kier alpha value is -1.39. The molecule has 4 heteroatoms. The van der Waals surface area contributed by atoms with Gasteiger partial charge in [-0.25, -0.2) is 0 Å². The van der Waals surface area contributed by atoms with Gasteiger partial charge in [-0.05, 0) is 24.5 Å². The monoisotopic (exact) mass is 248 g/mol. The molecule has 1 aliphatic rings. The fraction of sp³-hybridized carbons (Fsp3) is 0.500. The van der Waals surface area contributed by atoms with Crippen LogP contribution in [0.4, 0.5) is 5.69 Å². The second kappa shape index (κ2) is 5.50. The van der Waals surface area contributed by atoms with Gasteiger partial charge in [-0.1, -0.05) is 19.1 Å². The van der Waals surface area contributed by atoms with E-state index in [4.69, 9.17) is 10.5 Å². The first-order valence-corrected chi connectivity index (χ1v) is 6.37. The number of anilines is 1. The summed E-state index contributed by atoms with van der Waals surface area (Å²) in [4.78, 5) is 13.9. The predicted molar refractivity (Wildman–Crippen MR) is 71.6 cm³/mol. The third-order valence-corrected chi connectivity index (χ3v) is 3.39. The number of amides is 1. The molecule has 4 nitrogen and oxygen atoms in total. The molecule has 0 fully saturated rings. The highest BCUT2D eigenvalue weighted by Crippen LogP contribution is 2.35. The third-order valence-electron chi connectivity index (χ3n) is 3.39. The normalized spacial score (nSPS) is 18.3. The van der Waals surface area contributed by atoms with Crippen molar-refractivity contribution in [1.29, 1.82) is 0 Å². The lowest BCUT2D eigenvalue weighted by Crippen LogP contribution is -2.32. The standard InChI is InChI=1S/C14H20N2O2/c1-3-10-5-6-12-11(9-10)13(15)14(17)16(12)7-4-8-18-2/h5-6,9,13H,3-4,7-8,15H2,1-2H3. The van der Waals surface area contributed by atoms with E-state index >= 15 is 0 Å². The van der Waals surface area contributed by atoms with Gasteiger partial charge in [0, 0.05) is 31.5 Å². The van der Waals surface area contributed by atoms with Crippen LogP contribution in [0.1, 0.15) is 30.5 Å². The number of rotatable bonds is 5. The number of hydrogen-bond acceptors (Lipinski definition) is 3. The molecule has 2 rings (SSSR count). The Bertz CT molecular complexity index is 445. The predicted octanol–water partition coefficient (Wildman–Crippen LogP) is 1.63. The van der Waals surface area contributed by atoms with Crippen molar-refractivity contribution in [3.05, 3.63) is 29.3 Å². The molecule has 98 valence electrons. The zero-order valence-electron chi connectivity index (χ0n) is 11.0. The minimum Gasteiger partial charge on any atom is -0.385 e. The summed E-state index contributed by atoms with van der Waals surface area (Å²) in [5.41, 5.74) is 9.12. The van der Waals surface area contributed by atoms with E-state index in [1.165, 1.54) is 5.56 Å². The largest absolute Gasteiger partial charge is 0.385 e. The molecule has 1 aliphatic heterocycles. The van der Waals surface area contributed by atoms with Gasteiger partial charge in [-0.15, -0.1) is 0 Å². The van der Waals surface area contributed by atoms with Crippen LogP contribution in [0.25, 0.3) is 0 Å². The van der Waals surface area contributed by atoms with E-state index in [1.807, 2.05) is 12.1 Å². The van der Waals surface area contributed by atoms with Gasteiger partial charge in [-0.3, -0.25) is 4.79 Å². The summed E-state index contributed by atoms with van der Waals surface area (Å²) >= 11 is 0. The first-order chi connectivity index (χ1) is 8.69. The molecule has 1 unspecified atom stereocenters. The Morgan fingerprint density at radius 2 is 2.22 bits per heavy atom. The van der Waals surface area contributed by atoms with Gasteiger partial charge in [-0.2, -0.15) is 0 Å². The molecule has 1 aromatic rings. The lowest BCUT2D eigenvalue weighted by molar-refractivity contribution is -0.119. The van der Waals surface area contributed by atoms with Gasteiger partial charge >= 0.3 is 0 Å². The van der Waals surface area contributed by atoms with Crippen molar-refractivity contribution in [2.45, 2.75) is 25.8 Å². The van der Waals surface area contributed by atoms with Crippen LogP contribution in [-0.4, -0.2) is 26.2 Å². The number of carbonyl (C=O) groups excluding carboxylic acids is 1. The number of nitrogens with two attached hydrogens (primary N) is 1. The van der Waals surface area contributed by atoms with Gasteiger partial charge < -0.3 is 15.4 Å². The molecule has 0 saturated carbocycles. The maximum Gasteiger partial charge on any atom is 0.248 e. The summed E-state index contributed by atoms with van der Waals surface area (Å²) in [7, 11) is 1.67. The van der Waals surface area contributed by atoms with Crippen LogP contribution in [0, 0.1) is 0 Å². The van der Waals surface area contributed by atoms with Crippen LogP contribution < -0.4 is 10.6 Å². The maximum atomic E-state index is 12.1. The first kappa shape index (κ1) is 13.1. The average molecular weight is 248 g/mol. The lowest BCUT2D eigenvalue weighted by atomic mass is 10.0. The van der Waals surface area contributed by atoms with Gasteiger partial charge in [0.25, 0.3) is 0 Å². The number of fused-ring (bicyclic) bond motifs is 1. The molecule has 2 N–H and O–H groups in total. The van der Waals surface area contributed by atoms with Gasteiger partial charge in [0.15, 0.2) is 0 Å². The molecule has 0 aliphatic carbocycles. The molecule has 0 bridgehead atoms. The van der Waals surface area contributed by atoms with Crippen LogP contribution >= 0.6 is 0 Å². The molecule has 0 spiro atoms. The van der Waals surface area contributed by atoms with E-state index in [2.05, 4.69) is 13.0 Å². The Morgan fingerprint density at radius 3 is 2.89 bits per heavy atom. The summed E-state index contributed by atoms with van der Waals surface area (Å²) in [5.74, 6) is -0.00523. The molecule has 0 saturated heterocycles. The van der Waals surface area contributed by atoms with E-state index in [0.29, 0.717) is 13.2 Å². The number of hydrogen-bond donors (Lipinski definition) is 1. The number of nitrogens with zero attached hydrogens (tertiary/aromatic N) is 1. The van der Waals surface area contributed by atoms with Crippen LogP contribution in [0.3, 0.4) is 0 Å². The van der Waals surface area contributed by atoms with Crippen molar-refractivity contribution < 1.29 is 9.53 Å². The number of carbonyl (C=O) groups is 1. The quantitative estimate of drug-likeness (QED) is 0.806. The van der Waals surface area contributed by atoms with E-state index in [9.17, 15) is 4.79 Å². The fourth-order valence-corrected chi connectivity index (χ4v) is 2.34. The number of methoxy groups -OCH3 is 1. The van der Waals surface area contributed by atoms with Gasteiger partial charge in [0.05, 0.1) is 0 Å². The second-order valence-corrected chi connectivity index (χ2v) is 4.56. The third kappa shape index (κ3) is 2.26. The number of aryl methyl sites for hydroxylation is 1. The van der Waals surface area contributed by atoms with Crippen LogP contribution in [0.5, 0.6) is 0 Å². The molecular weight excluding hydrogens is 228 g/mol. The molecule has 1 aromatic carbocycles. The Morgan fingerprint density at radius 1 is 1.44 bits per heavy atom. The SMILES string of the molecule is CCc1ccc2c(c1)C(N)C(=O)N2CCCOC. The smallest absolute Gasteiger partial charge is 0.248 e. The molecule has 0 aromatic heterocycles. The van der Waals surface area contributed by atoms with Crippen molar-refractivity contribution >= 4 is 11.6 Å². The molecule has 1 amide bonds. The highest BCUT2D eigenvalue weighted by atomic mass is 16.5. The summed E-state index contributed by atoms with van der Waals surface area (Å²) in [6, 6.07) is 5.61. The molecule has 1 heterocycles. The summed E-state index contributed by atoms with van der Waals surface area (Å²) < 4.78 is 5.02. The van der Waals surface area contributed by atoms with Gasteiger partial charge in [0.2, 0.25) is 5.91 Å². The fourth-order valence-electron chi connectivity index (χ4n) is 2.34. The Balaban J connectivity index is 2.23. The summed E-state index contributed by atoms with van der Waals surface area (Å²) in [5, 5.41) is 0. The van der Waals surface area contributed by atoms with Crippen molar-refractivity contribution in [3.63, 3.8) is 0 Å². The minimum absolute atomic E-state index is 0.00523. The topological polar surface area (TPSA) is 55.6 Å². The van der Waals surface area contributed by atoms with E-state index in [-0.39, 0.29) is 5.91 Å². The van der Waals surface area contributed by atoms with Crippen molar-refractivity contribution in [1.82, 2.24) is 0 Å². The Labute approximate surface area is 108 Å². The zero-order chi connectivity index (χ0) is 13.1. The molecular formula is C14H20N2O2. The highest BCUT2D eigenvalue weighted by molar-refractivity contribution is 6.04. The number of ether oxygens (including phenoxy) is 1. The van der Waals surface area contributed by atoms with Crippen molar-refractivity contribution in [2.75, 3.05) is 25.2 Å². The average Bonchev–Trinajstić information content (AvgIpc) is 2.63. The van der Waals surface area contributed by atoms with Crippen molar-refractivity contribution in [2.24, 2.45) is 5.73 Å². The summed E-state index contributed by atoms with van der Waals surface area (Å²) in [6.45, 7) is 3.42. The van der Waals surface area contributed by atoms with E-state index in [0.717, 1.165) is 24.1 Å². The summed E-state index contributed by atoms with van der Waals surface area (Å²) in [6.07, 6.45) is 1.78. The van der Waals surface area contributed by atoms with Crippen LogP contribution in [-0.2, 0) is 16.0 Å². The van der Waals surface area contributed by atoms with E-state index < -0.39 is 6.04 Å². The van der Waals surface area contributed by atoms with Crippen LogP contribution in [0.15, 0.2) is 18.2 Å². The van der Waals surface area contributed by atoms with Crippen LogP contribution in [0.2, 0.25) is 0 Å².